The summed E-state index contributed by atoms with van der Waals surface area (Å²) in [5, 5.41) is 13.5. The van der Waals surface area contributed by atoms with E-state index in [1.54, 1.807) is 7.11 Å². The Labute approximate surface area is 127 Å². The molecule has 0 aliphatic carbocycles. The second kappa shape index (κ2) is 6.67. The molecule has 2 aliphatic heterocycles. The normalized spacial score (nSPS) is 24.3. The molecule has 2 N–H and O–H groups in total. The van der Waals surface area contributed by atoms with Gasteiger partial charge in [-0.15, -0.1) is 0 Å². The van der Waals surface area contributed by atoms with Gasteiger partial charge in [0, 0.05) is 12.6 Å². The number of methoxy groups -OCH3 is 1. The Morgan fingerprint density at radius 3 is 2.71 bits per heavy atom. The summed E-state index contributed by atoms with van der Waals surface area (Å²) < 4.78 is 5.09. The third kappa shape index (κ3) is 3.50. The number of phenolic OH excluding ortho intramolecular Hbond substituents is 1. The maximum absolute atomic E-state index is 9.85. The number of piperidine rings is 1. The summed E-state index contributed by atoms with van der Waals surface area (Å²) in [4.78, 5) is 2.49. The van der Waals surface area contributed by atoms with Crippen molar-refractivity contribution in [2.24, 2.45) is 5.92 Å². The van der Waals surface area contributed by atoms with Crippen LogP contribution in [-0.4, -0.2) is 42.8 Å². The largest absolute Gasteiger partial charge is 0.504 e. The van der Waals surface area contributed by atoms with E-state index in [1.807, 2.05) is 18.2 Å². The van der Waals surface area contributed by atoms with Crippen molar-refractivity contribution in [1.82, 2.24) is 10.2 Å². The fourth-order valence-electron chi connectivity index (χ4n) is 3.72. The van der Waals surface area contributed by atoms with Gasteiger partial charge in [0.1, 0.15) is 0 Å². The van der Waals surface area contributed by atoms with E-state index in [4.69, 9.17) is 4.74 Å². The van der Waals surface area contributed by atoms with E-state index >= 15 is 0 Å². The molecule has 2 fully saturated rings. The summed E-state index contributed by atoms with van der Waals surface area (Å²) in [6, 6.07) is 6.48. The minimum Gasteiger partial charge on any atom is -0.504 e. The van der Waals surface area contributed by atoms with Crippen molar-refractivity contribution in [2.75, 3.05) is 26.7 Å². The lowest BCUT2D eigenvalue weighted by molar-refractivity contribution is 0.157. The number of nitrogens with zero attached hydrogens (tertiary/aromatic N) is 1. The Hall–Kier alpha value is -1.26. The van der Waals surface area contributed by atoms with Crippen LogP contribution >= 0.6 is 0 Å². The van der Waals surface area contributed by atoms with Crippen LogP contribution in [0.5, 0.6) is 11.5 Å². The molecule has 116 valence electrons. The molecular weight excluding hydrogens is 264 g/mol. The molecule has 1 atom stereocenters. The molecule has 0 bridgehead atoms. The van der Waals surface area contributed by atoms with E-state index in [1.165, 1.54) is 32.2 Å². The van der Waals surface area contributed by atoms with Crippen LogP contribution in [0.3, 0.4) is 0 Å². The Kier molecular flexibility index (Phi) is 4.66. The fraction of sp³-hybridized carbons (Fsp3) is 0.647. The van der Waals surface area contributed by atoms with Crippen molar-refractivity contribution in [3.8, 4) is 11.5 Å². The van der Waals surface area contributed by atoms with Gasteiger partial charge in [0.25, 0.3) is 0 Å². The van der Waals surface area contributed by atoms with Gasteiger partial charge in [-0.05, 0) is 68.9 Å². The standard InChI is InChI=1S/C17H26N2O2/c1-21-17-5-4-13(11-16(17)20)12-19-9-6-14(7-10-19)15-3-2-8-18-15/h4-5,11,14-15,18,20H,2-3,6-10,12H2,1H3. The highest BCUT2D eigenvalue weighted by Gasteiger charge is 2.28. The zero-order chi connectivity index (χ0) is 14.7. The van der Waals surface area contributed by atoms with E-state index in [9.17, 15) is 5.11 Å². The van der Waals surface area contributed by atoms with E-state index < -0.39 is 0 Å². The quantitative estimate of drug-likeness (QED) is 0.893. The van der Waals surface area contributed by atoms with Crippen LogP contribution in [0.2, 0.25) is 0 Å². The monoisotopic (exact) mass is 290 g/mol. The van der Waals surface area contributed by atoms with Crippen molar-refractivity contribution in [1.29, 1.82) is 0 Å². The van der Waals surface area contributed by atoms with Crippen LogP contribution in [0.4, 0.5) is 0 Å². The Morgan fingerprint density at radius 2 is 2.10 bits per heavy atom. The van der Waals surface area contributed by atoms with E-state index in [0.717, 1.165) is 37.2 Å². The third-order valence-corrected chi connectivity index (χ3v) is 4.95. The number of hydrogen-bond acceptors (Lipinski definition) is 4. The van der Waals surface area contributed by atoms with Gasteiger partial charge >= 0.3 is 0 Å². The molecule has 1 aromatic rings. The molecule has 2 aliphatic rings. The van der Waals surface area contributed by atoms with E-state index in [2.05, 4.69) is 10.2 Å². The zero-order valence-electron chi connectivity index (χ0n) is 12.8. The molecule has 2 heterocycles. The molecule has 2 saturated heterocycles. The van der Waals surface area contributed by atoms with Crippen molar-refractivity contribution in [3.05, 3.63) is 23.8 Å². The first-order chi connectivity index (χ1) is 10.3. The maximum atomic E-state index is 9.85. The molecule has 4 heteroatoms. The molecule has 0 radical (unpaired) electrons. The average Bonchev–Trinajstić information content (AvgIpc) is 3.02. The highest BCUT2D eigenvalue weighted by molar-refractivity contribution is 5.41. The number of likely N-dealkylation sites (tertiary alicyclic amines) is 1. The number of nitrogens with one attached hydrogen (secondary N) is 1. The molecule has 4 nitrogen and oxygen atoms in total. The van der Waals surface area contributed by atoms with Crippen LogP contribution in [0.1, 0.15) is 31.2 Å². The molecule has 0 spiro atoms. The van der Waals surface area contributed by atoms with E-state index in [-0.39, 0.29) is 5.75 Å². The van der Waals surface area contributed by atoms with Crippen LogP contribution < -0.4 is 10.1 Å². The molecule has 1 aromatic carbocycles. The van der Waals surface area contributed by atoms with Crippen molar-refractivity contribution < 1.29 is 9.84 Å². The van der Waals surface area contributed by atoms with Crippen LogP contribution in [0.15, 0.2) is 18.2 Å². The van der Waals surface area contributed by atoms with Gasteiger partial charge < -0.3 is 15.2 Å². The molecule has 1 unspecified atom stereocenters. The van der Waals surface area contributed by atoms with Gasteiger partial charge in [-0.1, -0.05) is 6.07 Å². The Bertz CT molecular complexity index is 464. The lowest BCUT2D eigenvalue weighted by Gasteiger charge is -2.35. The topological polar surface area (TPSA) is 44.7 Å². The zero-order valence-corrected chi connectivity index (χ0v) is 12.8. The summed E-state index contributed by atoms with van der Waals surface area (Å²) in [6.45, 7) is 4.45. The van der Waals surface area contributed by atoms with Crippen molar-refractivity contribution >= 4 is 0 Å². The molecule has 0 saturated carbocycles. The minimum absolute atomic E-state index is 0.236. The number of aromatic hydroxyl groups is 1. The molecule has 3 rings (SSSR count). The number of ether oxygens (including phenoxy) is 1. The number of hydrogen-bond donors (Lipinski definition) is 2. The van der Waals surface area contributed by atoms with Gasteiger partial charge in [0.2, 0.25) is 0 Å². The molecule has 0 amide bonds. The number of phenols is 1. The van der Waals surface area contributed by atoms with Gasteiger partial charge in [-0.25, -0.2) is 0 Å². The second-order valence-corrected chi connectivity index (χ2v) is 6.32. The van der Waals surface area contributed by atoms with Gasteiger partial charge in [-0.2, -0.15) is 0 Å². The first kappa shape index (κ1) is 14.7. The first-order valence-corrected chi connectivity index (χ1v) is 8.08. The highest BCUT2D eigenvalue weighted by Crippen LogP contribution is 2.29. The molecule has 0 aromatic heterocycles. The van der Waals surface area contributed by atoms with Crippen LogP contribution in [0.25, 0.3) is 0 Å². The summed E-state index contributed by atoms with van der Waals surface area (Å²) >= 11 is 0. The summed E-state index contributed by atoms with van der Waals surface area (Å²) in [6.07, 6.45) is 5.28. The van der Waals surface area contributed by atoms with Crippen molar-refractivity contribution in [3.63, 3.8) is 0 Å². The van der Waals surface area contributed by atoms with Crippen LogP contribution in [0, 0.1) is 5.92 Å². The fourth-order valence-corrected chi connectivity index (χ4v) is 3.72. The molecular formula is C17H26N2O2. The van der Waals surface area contributed by atoms with E-state index in [0.29, 0.717) is 5.75 Å². The summed E-state index contributed by atoms with van der Waals surface area (Å²) in [5.74, 6) is 1.64. The summed E-state index contributed by atoms with van der Waals surface area (Å²) in [5.41, 5.74) is 1.16. The van der Waals surface area contributed by atoms with Crippen LogP contribution in [-0.2, 0) is 6.54 Å². The second-order valence-electron chi connectivity index (χ2n) is 6.32. The van der Waals surface area contributed by atoms with Gasteiger partial charge in [0.05, 0.1) is 7.11 Å². The molecule has 21 heavy (non-hydrogen) atoms. The highest BCUT2D eigenvalue weighted by atomic mass is 16.5. The lowest BCUT2D eigenvalue weighted by Crippen LogP contribution is -2.40. The number of benzene rings is 1. The van der Waals surface area contributed by atoms with Gasteiger partial charge in [0.15, 0.2) is 11.5 Å². The Balaban J connectivity index is 1.51. The smallest absolute Gasteiger partial charge is 0.160 e. The SMILES string of the molecule is COc1ccc(CN2CCC(C3CCCN3)CC2)cc1O. The first-order valence-electron chi connectivity index (χ1n) is 8.08. The van der Waals surface area contributed by atoms with Crippen molar-refractivity contribution in [2.45, 2.75) is 38.3 Å². The maximum Gasteiger partial charge on any atom is 0.160 e. The number of rotatable bonds is 4. The lowest BCUT2D eigenvalue weighted by atomic mass is 9.88. The Morgan fingerprint density at radius 1 is 1.29 bits per heavy atom. The minimum atomic E-state index is 0.236. The van der Waals surface area contributed by atoms with Gasteiger partial charge in [-0.3, -0.25) is 4.90 Å². The predicted octanol–water partition coefficient (Wildman–Crippen LogP) is 2.36. The predicted molar refractivity (Wildman–Crippen MR) is 83.7 cm³/mol. The average molecular weight is 290 g/mol. The summed E-state index contributed by atoms with van der Waals surface area (Å²) in [7, 11) is 1.58. The third-order valence-electron chi connectivity index (χ3n) is 4.95.